The van der Waals surface area contributed by atoms with Crippen LogP contribution in [0.25, 0.3) is 0 Å². The van der Waals surface area contributed by atoms with Crippen LogP contribution in [-0.2, 0) is 0 Å². The molecule has 1 rings (SSSR count). The van der Waals surface area contributed by atoms with Crippen LogP contribution >= 0.6 is 15.9 Å². The second-order valence-electron chi connectivity index (χ2n) is 3.36. The van der Waals surface area contributed by atoms with Gasteiger partial charge in [-0.1, -0.05) is 39.7 Å². The largest absolute Gasteiger partial charge is 0.294 e. The molecule has 0 spiro atoms. The smallest absolute Gasteiger partial charge is 0.164 e. The summed E-state index contributed by atoms with van der Waals surface area (Å²) in [5.74, 6) is 0.167. The molecule has 0 bridgehead atoms. The van der Waals surface area contributed by atoms with Crippen LogP contribution in [-0.4, -0.2) is 5.78 Å². The fourth-order valence-electron chi connectivity index (χ4n) is 1.15. The van der Waals surface area contributed by atoms with Gasteiger partial charge in [0.2, 0.25) is 0 Å². The number of allylic oxidation sites excluding steroid dienone is 1. The van der Waals surface area contributed by atoms with Crippen molar-refractivity contribution in [2.45, 2.75) is 19.8 Å². The highest BCUT2D eigenvalue weighted by molar-refractivity contribution is 9.10. The highest BCUT2D eigenvalue weighted by Crippen LogP contribution is 2.18. The third-order valence-corrected chi connectivity index (χ3v) is 2.64. The minimum atomic E-state index is 0.167. The molecule has 0 atom stereocenters. The highest BCUT2D eigenvalue weighted by atomic mass is 79.9. The van der Waals surface area contributed by atoms with Crippen molar-refractivity contribution in [2.24, 2.45) is 0 Å². The molecule has 0 unspecified atom stereocenters. The minimum absolute atomic E-state index is 0.167. The Hall–Kier alpha value is -0.890. The number of ketones is 1. The van der Waals surface area contributed by atoms with E-state index in [0.29, 0.717) is 6.42 Å². The van der Waals surface area contributed by atoms with Crippen LogP contribution in [0, 0.1) is 0 Å². The van der Waals surface area contributed by atoms with Crippen molar-refractivity contribution in [2.75, 3.05) is 0 Å². The summed E-state index contributed by atoms with van der Waals surface area (Å²) in [6.07, 6.45) is 1.30. The summed E-state index contributed by atoms with van der Waals surface area (Å²) in [5, 5.41) is 0. The molecule has 0 radical (unpaired) electrons. The maximum atomic E-state index is 11.7. The molecule has 2 heteroatoms. The summed E-state index contributed by atoms with van der Waals surface area (Å²) in [6, 6.07) is 7.50. The quantitative estimate of drug-likeness (QED) is 0.585. The average Bonchev–Trinajstić information content (AvgIpc) is 2.15. The highest BCUT2D eigenvalue weighted by Gasteiger charge is 2.08. The zero-order chi connectivity index (χ0) is 10.6. The van der Waals surface area contributed by atoms with E-state index in [1.54, 1.807) is 0 Å². The Morgan fingerprint density at radius 1 is 1.36 bits per heavy atom. The van der Waals surface area contributed by atoms with Crippen molar-refractivity contribution in [1.29, 1.82) is 0 Å². The first-order chi connectivity index (χ1) is 6.61. The summed E-state index contributed by atoms with van der Waals surface area (Å²) >= 11 is 3.36. The molecule has 0 amide bonds. The zero-order valence-corrected chi connectivity index (χ0v) is 9.80. The predicted molar refractivity (Wildman–Crippen MR) is 62.5 cm³/mol. The number of halogens is 1. The molecule has 0 aromatic heterocycles. The summed E-state index contributed by atoms with van der Waals surface area (Å²) in [5.41, 5.74) is 1.80. The molecule has 0 aliphatic rings. The summed E-state index contributed by atoms with van der Waals surface area (Å²) in [4.78, 5) is 11.7. The summed E-state index contributed by atoms with van der Waals surface area (Å²) < 4.78 is 0.867. The Morgan fingerprint density at radius 2 is 2.00 bits per heavy atom. The van der Waals surface area contributed by atoms with E-state index < -0.39 is 0 Å². The number of benzene rings is 1. The first-order valence-corrected chi connectivity index (χ1v) is 5.32. The fourth-order valence-corrected chi connectivity index (χ4v) is 1.65. The van der Waals surface area contributed by atoms with Crippen molar-refractivity contribution in [3.05, 3.63) is 46.5 Å². The predicted octanol–water partition coefficient (Wildman–Crippen LogP) is 3.99. The van der Waals surface area contributed by atoms with E-state index in [2.05, 4.69) is 22.5 Å². The lowest BCUT2D eigenvalue weighted by molar-refractivity contribution is 0.0982. The monoisotopic (exact) mass is 252 g/mol. The molecular formula is C12H13BrO. The number of Topliss-reactive ketones (excluding diaryl/α,β-unsaturated/α-hetero) is 1. The lowest BCUT2D eigenvalue weighted by atomic mass is 10.0. The SMILES string of the molecule is C=C(C)CCC(=O)c1ccccc1Br. The van der Waals surface area contributed by atoms with Crippen LogP contribution in [0.4, 0.5) is 0 Å². The average molecular weight is 253 g/mol. The second-order valence-corrected chi connectivity index (χ2v) is 4.21. The molecule has 1 nitrogen and oxygen atoms in total. The van der Waals surface area contributed by atoms with E-state index in [9.17, 15) is 4.79 Å². The maximum absolute atomic E-state index is 11.7. The van der Waals surface area contributed by atoms with Gasteiger partial charge in [-0.15, -0.1) is 6.58 Å². The standard InChI is InChI=1S/C12H13BrO/c1-9(2)7-8-12(14)10-5-3-4-6-11(10)13/h3-6H,1,7-8H2,2H3. The van der Waals surface area contributed by atoms with Crippen LogP contribution in [0.1, 0.15) is 30.1 Å². The van der Waals surface area contributed by atoms with Crippen LogP contribution in [0.15, 0.2) is 40.9 Å². The summed E-state index contributed by atoms with van der Waals surface area (Å²) in [6.45, 7) is 5.72. The van der Waals surface area contributed by atoms with Crippen molar-refractivity contribution in [1.82, 2.24) is 0 Å². The lowest BCUT2D eigenvalue weighted by Gasteiger charge is -2.02. The van der Waals surface area contributed by atoms with E-state index in [-0.39, 0.29) is 5.78 Å². The minimum Gasteiger partial charge on any atom is -0.294 e. The second kappa shape index (κ2) is 5.11. The molecule has 0 heterocycles. The van der Waals surface area contributed by atoms with Crippen LogP contribution < -0.4 is 0 Å². The number of rotatable bonds is 4. The van der Waals surface area contributed by atoms with Gasteiger partial charge in [0.15, 0.2) is 5.78 Å². The molecule has 74 valence electrons. The van der Waals surface area contributed by atoms with E-state index in [4.69, 9.17) is 0 Å². The van der Waals surface area contributed by atoms with Gasteiger partial charge in [-0.3, -0.25) is 4.79 Å². The number of hydrogen-bond donors (Lipinski definition) is 0. The number of hydrogen-bond acceptors (Lipinski definition) is 1. The van der Waals surface area contributed by atoms with Crippen LogP contribution in [0.2, 0.25) is 0 Å². The molecule has 14 heavy (non-hydrogen) atoms. The first kappa shape index (κ1) is 11.2. The van der Waals surface area contributed by atoms with E-state index >= 15 is 0 Å². The van der Waals surface area contributed by atoms with Crippen molar-refractivity contribution >= 4 is 21.7 Å². The molecule has 1 aromatic carbocycles. The Morgan fingerprint density at radius 3 is 2.57 bits per heavy atom. The topological polar surface area (TPSA) is 17.1 Å². The number of carbonyl (C=O) groups excluding carboxylic acids is 1. The van der Waals surface area contributed by atoms with E-state index in [0.717, 1.165) is 22.0 Å². The third kappa shape index (κ3) is 3.11. The molecule has 0 saturated heterocycles. The van der Waals surface area contributed by atoms with Gasteiger partial charge in [-0.2, -0.15) is 0 Å². The first-order valence-electron chi connectivity index (χ1n) is 4.53. The summed E-state index contributed by atoms with van der Waals surface area (Å²) in [7, 11) is 0. The Balaban J connectivity index is 2.70. The lowest BCUT2D eigenvalue weighted by Crippen LogP contribution is -1.99. The van der Waals surface area contributed by atoms with Gasteiger partial charge in [0, 0.05) is 16.5 Å². The van der Waals surface area contributed by atoms with Crippen LogP contribution in [0.3, 0.4) is 0 Å². The maximum Gasteiger partial charge on any atom is 0.164 e. The van der Waals surface area contributed by atoms with Crippen molar-refractivity contribution < 1.29 is 4.79 Å². The van der Waals surface area contributed by atoms with Gasteiger partial charge >= 0.3 is 0 Å². The molecule has 0 aliphatic carbocycles. The molecule has 0 saturated carbocycles. The van der Waals surface area contributed by atoms with Crippen LogP contribution in [0.5, 0.6) is 0 Å². The molecule has 1 aromatic rings. The Bertz CT molecular complexity index is 355. The normalized spacial score (nSPS) is 9.86. The van der Waals surface area contributed by atoms with Gasteiger partial charge in [-0.25, -0.2) is 0 Å². The Labute approximate surface area is 93.0 Å². The Kier molecular flexibility index (Phi) is 4.08. The van der Waals surface area contributed by atoms with Gasteiger partial charge < -0.3 is 0 Å². The van der Waals surface area contributed by atoms with Gasteiger partial charge in [-0.05, 0) is 19.4 Å². The zero-order valence-electron chi connectivity index (χ0n) is 8.22. The molecule has 0 N–H and O–H groups in total. The molecule has 0 aliphatic heterocycles. The van der Waals surface area contributed by atoms with E-state index in [1.165, 1.54) is 0 Å². The molecule has 0 fully saturated rings. The van der Waals surface area contributed by atoms with Gasteiger partial charge in [0.05, 0.1) is 0 Å². The van der Waals surface area contributed by atoms with E-state index in [1.807, 2.05) is 31.2 Å². The van der Waals surface area contributed by atoms with Gasteiger partial charge in [0.1, 0.15) is 0 Å². The molecular weight excluding hydrogens is 240 g/mol. The number of carbonyl (C=O) groups is 1. The third-order valence-electron chi connectivity index (χ3n) is 1.95. The fraction of sp³-hybridized carbons (Fsp3) is 0.250. The van der Waals surface area contributed by atoms with Crippen molar-refractivity contribution in [3.63, 3.8) is 0 Å². The van der Waals surface area contributed by atoms with Crippen molar-refractivity contribution in [3.8, 4) is 0 Å². The van der Waals surface area contributed by atoms with Gasteiger partial charge in [0.25, 0.3) is 0 Å².